The first-order chi connectivity index (χ1) is 15.5. The Bertz CT molecular complexity index is 934. The van der Waals surface area contributed by atoms with Gasteiger partial charge in [0.2, 0.25) is 5.91 Å². The third kappa shape index (κ3) is 6.57. The molecule has 0 unspecified atom stereocenters. The highest BCUT2D eigenvalue weighted by Gasteiger charge is 2.21. The average Bonchev–Trinajstić information content (AvgIpc) is 2.81. The summed E-state index contributed by atoms with van der Waals surface area (Å²) in [4.78, 5) is 38.9. The molecule has 1 fully saturated rings. The van der Waals surface area contributed by atoms with Crippen LogP contribution in [0, 0.1) is 5.92 Å². The van der Waals surface area contributed by atoms with Crippen molar-refractivity contribution in [2.45, 2.75) is 33.1 Å². The number of rotatable bonds is 8. The summed E-state index contributed by atoms with van der Waals surface area (Å²) in [6, 6.07) is 14.1. The van der Waals surface area contributed by atoms with Gasteiger partial charge < -0.3 is 20.9 Å². The lowest BCUT2D eigenvalue weighted by atomic mass is 9.98. The van der Waals surface area contributed by atoms with Crippen LogP contribution in [0.2, 0.25) is 0 Å². The van der Waals surface area contributed by atoms with Crippen LogP contribution in [0.25, 0.3) is 0 Å². The summed E-state index contributed by atoms with van der Waals surface area (Å²) in [7, 11) is 0. The van der Waals surface area contributed by atoms with Crippen LogP contribution in [0.4, 0.5) is 11.4 Å². The summed E-state index contributed by atoms with van der Waals surface area (Å²) in [6.45, 7) is 6.51. The molecule has 32 heavy (non-hydrogen) atoms. The number of benzene rings is 2. The van der Waals surface area contributed by atoms with Gasteiger partial charge in [0.15, 0.2) is 0 Å². The van der Waals surface area contributed by atoms with Gasteiger partial charge in [0.05, 0.1) is 6.54 Å². The van der Waals surface area contributed by atoms with E-state index in [2.05, 4.69) is 22.9 Å². The van der Waals surface area contributed by atoms with E-state index in [-0.39, 0.29) is 24.3 Å². The Kier molecular flexibility index (Phi) is 8.25. The van der Waals surface area contributed by atoms with Gasteiger partial charge in [0.1, 0.15) is 0 Å². The molecule has 2 aromatic carbocycles. The molecule has 3 rings (SSSR count). The van der Waals surface area contributed by atoms with E-state index >= 15 is 0 Å². The quantitative estimate of drug-likeness (QED) is 0.588. The molecule has 0 spiro atoms. The van der Waals surface area contributed by atoms with Crippen LogP contribution in [0.5, 0.6) is 0 Å². The van der Waals surface area contributed by atoms with E-state index < -0.39 is 0 Å². The maximum Gasteiger partial charge on any atom is 0.253 e. The third-order valence-corrected chi connectivity index (χ3v) is 5.60. The van der Waals surface area contributed by atoms with Crippen molar-refractivity contribution >= 4 is 29.1 Å². The van der Waals surface area contributed by atoms with E-state index in [1.54, 1.807) is 36.4 Å². The van der Waals surface area contributed by atoms with E-state index in [1.165, 1.54) is 0 Å². The number of carbonyl (C=O) groups excluding carboxylic acids is 3. The van der Waals surface area contributed by atoms with Crippen LogP contribution in [0.3, 0.4) is 0 Å². The Balaban J connectivity index is 1.49. The lowest BCUT2D eigenvalue weighted by Gasteiger charge is -2.30. The molecule has 2 aromatic rings. The second-order valence-corrected chi connectivity index (χ2v) is 8.29. The highest BCUT2D eigenvalue weighted by Crippen LogP contribution is 2.19. The molecule has 1 saturated heterocycles. The Morgan fingerprint density at radius 1 is 0.969 bits per heavy atom. The van der Waals surface area contributed by atoms with Crippen molar-refractivity contribution in [2.24, 2.45) is 5.92 Å². The molecule has 170 valence electrons. The van der Waals surface area contributed by atoms with Crippen LogP contribution < -0.4 is 16.0 Å². The SMILES string of the molecule is CCCNC(=O)c1cccc(NC(=O)CNc2ccc(C(=O)N3CCC(C)CC3)cc2)c1. The predicted molar refractivity (Wildman–Crippen MR) is 127 cm³/mol. The highest BCUT2D eigenvalue weighted by molar-refractivity contribution is 5.98. The number of anilines is 2. The predicted octanol–water partition coefficient (Wildman–Crippen LogP) is 3.75. The molecule has 1 heterocycles. The van der Waals surface area contributed by atoms with Gasteiger partial charge >= 0.3 is 0 Å². The second-order valence-electron chi connectivity index (χ2n) is 8.29. The van der Waals surface area contributed by atoms with Gasteiger partial charge in [-0.1, -0.05) is 19.9 Å². The minimum absolute atomic E-state index is 0.0593. The van der Waals surface area contributed by atoms with Crippen LogP contribution in [-0.2, 0) is 4.79 Å². The standard InChI is InChI=1S/C25H32N4O3/c1-3-13-26-24(31)20-5-4-6-22(16-20)28-23(30)17-27-21-9-7-19(8-10-21)25(32)29-14-11-18(2)12-15-29/h4-10,16,18,27H,3,11-15,17H2,1-2H3,(H,26,31)(H,28,30). The smallest absolute Gasteiger partial charge is 0.253 e. The van der Waals surface area contributed by atoms with Crippen molar-refractivity contribution in [1.82, 2.24) is 10.2 Å². The fourth-order valence-corrected chi connectivity index (χ4v) is 3.59. The van der Waals surface area contributed by atoms with Crippen molar-refractivity contribution in [3.63, 3.8) is 0 Å². The Hall–Kier alpha value is -3.35. The maximum atomic E-state index is 12.6. The molecule has 1 aliphatic rings. The zero-order chi connectivity index (χ0) is 22.9. The number of nitrogens with zero attached hydrogens (tertiary/aromatic N) is 1. The Morgan fingerprint density at radius 3 is 2.38 bits per heavy atom. The minimum atomic E-state index is -0.223. The van der Waals surface area contributed by atoms with E-state index in [1.807, 2.05) is 24.0 Å². The largest absolute Gasteiger partial charge is 0.376 e. The molecule has 0 bridgehead atoms. The summed E-state index contributed by atoms with van der Waals surface area (Å²) >= 11 is 0. The van der Waals surface area contributed by atoms with Gasteiger partial charge in [-0.05, 0) is 67.6 Å². The van der Waals surface area contributed by atoms with E-state index in [0.29, 0.717) is 29.3 Å². The molecular formula is C25H32N4O3. The van der Waals surface area contributed by atoms with Crippen LogP contribution in [0.15, 0.2) is 48.5 Å². The summed E-state index contributed by atoms with van der Waals surface area (Å²) in [5, 5.41) is 8.68. The lowest BCUT2D eigenvalue weighted by molar-refractivity contribution is -0.114. The molecule has 7 heteroatoms. The molecule has 0 atom stereocenters. The highest BCUT2D eigenvalue weighted by atomic mass is 16.2. The summed E-state index contributed by atoms with van der Waals surface area (Å²) in [6.07, 6.45) is 2.96. The summed E-state index contributed by atoms with van der Waals surface area (Å²) in [5.74, 6) is 0.356. The number of amides is 3. The van der Waals surface area contributed by atoms with Gasteiger partial charge in [-0.25, -0.2) is 0 Å². The monoisotopic (exact) mass is 436 g/mol. The molecule has 0 radical (unpaired) electrons. The molecule has 3 N–H and O–H groups in total. The van der Waals surface area contributed by atoms with Crippen molar-refractivity contribution in [3.05, 3.63) is 59.7 Å². The van der Waals surface area contributed by atoms with Gasteiger partial charge in [-0.2, -0.15) is 0 Å². The van der Waals surface area contributed by atoms with Crippen LogP contribution in [0.1, 0.15) is 53.8 Å². The van der Waals surface area contributed by atoms with Gasteiger partial charge in [0, 0.05) is 42.1 Å². The molecule has 0 aliphatic carbocycles. The second kappa shape index (κ2) is 11.3. The molecule has 7 nitrogen and oxygen atoms in total. The Labute approximate surface area is 189 Å². The fourth-order valence-electron chi connectivity index (χ4n) is 3.59. The number of nitrogens with one attached hydrogen (secondary N) is 3. The van der Waals surface area contributed by atoms with Crippen molar-refractivity contribution in [3.8, 4) is 0 Å². The summed E-state index contributed by atoms with van der Waals surface area (Å²) in [5.41, 5.74) is 2.50. The maximum absolute atomic E-state index is 12.6. The van der Waals surface area contributed by atoms with E-state index in [9.17, 15) is 14.4 Å². The lowest BCUT2D eigenvalue weighted by Crippen LogP contribution is -2.37. The Morgan fingerprint density at radius 2 is 1.69 bits per heavy atom. The fraction of sp³-hybridized carbons (Fsp3) is 0.400. The number of hydrogen-bond donors (Lipinski definition) is 3. The van der Waals surface area contributed by atoms with Crippen LogP contribution >= 0.6 is 0 Å². The summed E-state index contributed by atoms with van der Waals surface area (Å²) < 4.78 is 0. The molecule has 0 saturated carbocycles. The topological polar surface area (TPSA) is 90.5 Å². The van der Waals surface area contributed by atoms with Gasteiger partial charge in [0.25, 0.3) is 11.8 Å². The van der Waals surface area contributed by atoms with Crippen molar-refractivity contribution in [2.75, 3.05) is 36.8 Å². The zero-order valence-electron chi connectivity index (χ0n) is 18.8. The van der Waals surface area contributed by atoms with Gasteiger partial charge in [-0.3, -0.25) is 14.4 Å². The van der Waals surface area contributed by atoms with Gasteiger partial charge in [-0.15, -0.1) is 0 Å². The van der Waals surface area contributed by atoms with E-state index in [0.717, 1.165) is 38.0 Å². The van der Waals surface area contributed by atoms with Crippen molar-refractivity contribution < 1.29 is 14.4 Å². The van der Waals surface area contributed by atoms with E-state index in [4.69, 9.17) is 0 Å². The molecular weight excluding hydrogens is 404 g/mol. The van der Waals surface area contributed by atoms with Crippen LogP contribution in [-0.4, -0.2) is 48.8 Å². The molecule has 1 aliphatic heterocycles. The number of carbonyl (C=O) groups is 3. The number of likely N-dealkylation sites (tertiary alicyclic amines) is 1. The first-order valence-electron chi connectivity index (χ1n) is 11.3. The molecule has 3 amide bonds. The van der Waals surface area contributed by atoms with Crippen molar-refractivity contribution in [1.29, 1.82) is 0 Å². The first-order valence-corrected chi connectivity index (χ1v) is 11.3. The first kappa shape index (κ1) is 23.3. The minimum Gasteiger partial charge on any atom is -0.376 e. The number of piperidine rings is 1. The zero-order valence-corrected chi connectivity index (χ0v) is 18.8. The average molecular weight is 437 g/mol. The third-order valence-electron chi connectivity index (χ3n) is 5.60. The molecule has 0 aromatic heterocycles. The number of hydrogen-bond acceptors (Lipinski definition) is 4. The normalized spacial score (nSPS) is 14.0.